The summed E-state index contributed by atoms with van der Waals surface area (Å²) in [5.74, 6) is 0.438. The first-order valence-corrected chi connectivity index (χ1v) is 13.0. The maximum absolute atomic E-state index is 5.75. The summed E-state index contributed by atoms with van der Waals surface area (Å²) < 4.78 is 5.75. The van der Waals surface area contributed by atoms with Crippen molar-refractivity contribution in [2.75, 3.05) is 26.8 Å². The number of hydrogen-bond donors (Lipinski definition) is 1. The highest BCUT2D eigenvalue weighted by Gasteiger charge is 2.25. The quantitative estimate of drug-likeness (QED) is 0.211. The van der Waals surface area contributed by atoms with E-state index in [-0.39, 0.29) is 0 Å². The molecule has 0 saturated carbocycles. The Balaban J connectivity index is 2.67. The number of aromatic amines is 1. The first-order valence-electron chi connectivity index (χ1n) is 13.0. The summed E-state index contributed by atoms with van der Waals surface area (Å²) in [7, 11) is 1.81. The molecule has 2 atom stereocenters. The van der Waals surface area contributed by atoms with Gasteiger partial charge in [-0.15, -0.1) is 0 Å². The molecule has 5 nitrogen and oxygen atoms in total. The minimum atomic E-state index is 0.352. The monoisotopic (exact) mass is 478 g/mol. The predicted octanol–water partition coefficient (Wildman–Crippen LogP) is 7.04. The molecule has 2 rings (SSSR count). The Morgan fingerprint density at radius 1 is 1.37 bits per heavy atom. The fourth-order valence-electron chi connectivity index (χ4n) is 4.50. The molecule has 192 valence electrons. The van der Waals surface area contributed by atoms with E-state index in [0.717, 1.165) is 61.6 Å². The molecule has 0 spiro atoms. The van der Waals surface area contributed by atoms with Crippen LogP contribution >= 0.6 is 0 Å². The van der Waals surface area contributed by atoms with Crippen LogP contribution in [0.3, 0.4) is 0 Å². The maximum atomic E-state index is 5.75. The van der Waals surface area contributed by atoms with E-state index in [1.165, 1.54) is 22.4 Å². The lowest BCUT2D eigenvalue weighted by Gasteiger charge is -2.39. The highest BCUT2D eigenvalue weighted by Crippen LogP contribution is 2.31. The van der Waals surface area contributed by atoms with Crippen LogP contribution in [0, 0.1) is 5.92 Å². The van der Waals surface area contributed by atoms with Gasteiger partial charge in [-0.05, 0) is 87.3 Å². The number of rotatable bonds is 11. The lowest BCUT2D eigenvalue weighted by atomic mass is 9.89. The molecule has 0 bridgehead atoms. The third kappa shape index (κ3) is 7.41. The number of hydrogen-bond acceptors (Lipinski definition) is 4. The summed E-state index contributed by atoms with van der Waals surface area (Å²) in [6.07, 6.45) is 11.9. The zero-order valence-corrected chi connectivity index (χ0v) is 23.2. The number of nitrogens with zero attached hydrogens (tertiary/aromatic N) is 3. The molecule has 1 saturated heterocycles. The molecule has 1 aliphatic rings. The second-order valence-electron chi connectivity index (χ2n) is 9.45. The molecule has 1 aromatic rings. The Labute approximate surface area is 213 Å². The van der Waals surface area contributed by atoms with Crippen LogP contribution in [0.25, 0.3) is 0 Å². The van der Waals surface area contributed by atoms with Crippen LogP contribution in [0.15, 0.2) is 75.6 Å². The molecule has 1 N–H and O–H groups in total. The molecule has 0 radical (unpaired) electrons. The van der Waals surface area contributed by atoms with Gasteiger partial charge in [-0.1, -0.05) is 45.1 Å². The van der Waals surface area contributed by atoms with Crippen LogP contribution in [0.2, 0.25) is 0 Å². The van der Waals surface area contributed by atoms with Crippen molar-refractivity contribution in [2.24, 2.45) is 10.9 Å². The van der Waals surface area contributed by atoms with Gasteiger partial charge in [-0.2, -0.15) is 5.10 Å². The van der Waals surface area contributed by atoms with Crippen molar-refractivity contribution >= 4 is 5.71 Å². The van der Waals surface area contributed by atoms with E-state index >= 15 is 0 Å². The molecule has 1 aromatic heterocycles. The van der Waals surface area contributed by atoms with Crippen LogP contribution in [-0.4, -0.2) is 53.7 Å². The highest BCUT2D eigenvalue weighted by atomic mass is 16.5. The summed E-state index contributed by atoms with van der Waals surface area (Å²) in [6.45, 7) is 22.5. The normalized spacial score (nSPS) is 20.1. The van der Waals surface area contributed by atoms with Crippen molar-refractivity contribution in [1.29, 1.82) is 0 Å². The average molecular weight is 479 g/mol. The maximum Gasteiger partial charge on any atom is 0.0890 e. The Hall–Kier alpha value is -2.66. The number of nitrogens with one attached hydrogen (secondary N) is 1. The first-order chi connectivity index (χ1) is 16.8. The Bertz CT molecular complexity index is 992. The van der Waals surface area contributed by atoms with Gasteiger partial charge in [0.15, 0.2) is 0 Å². The van der Waals surface area contributed by atoms with Crippen LogP contribution < -0.4 is 0 Å². The molecule has 2 heterocycles. The van der Waals surface area contributed by atoms with E-state index in [1.807, 2.05) is 13.1 Å². The Kier molecular flexibility index (Phi) is 11.5. The van der Waals surface area contributed by atoms with Crippen molar-refractivity contribution in [3.05, 3.63) is 76.3 Å². The van der Waals surface area contributed by atoms with E-state index in [2.05, 4.69) is 93.4 Å². The van der Waals surface area contributed by atoms with Gasteiger partial charge in [0.1, 0.15) is 0 Å². The topological polar surface area (TPSA) is 53.5 Å². The minimum absolute atomic E-state index is 0.352. The van der Waals surface area contributed by atoms with Crippen LogP contribution in [-0.2, 0) is 4.74 Å². The van der Waals surface area contributed by atoms with Crippen LogP contribution in [0.5, 0.6) is 0 Å². The number of allylic oxidation sites excluding steroid dienone is 9. The van der Waals surface area contributed by atoms with E-state index in [1.54, 1.807) is 6.20 Å². The summed E-state index contributed by atoms with van der Waals surface area (Å²) in [6, 6.07) is 2.30. The lowest BCUT2D eigenvalue weighted by molar-refractivity contribution is 0.0120. The third-order valence-corrected chi connectivity index (χ3v) is 7.19. The standard InChI is InChI=1S/C30H46N4O/c1-10-21(4)29(34-17-18-35-20-23(34)6)19-27(22(5)13-14-26(11-2)12-3)24(7)25(8)30(31-9)28-15-16-32-33-28/h11,13,15-16,19,21,23H,8,10,12,14,17-18,20H2,1-7,9H3,(H,32,33)/b22-13+,26-11-,27-24+,29-19+,31-30?. The van der Waals surface area contributed by atoms with E-state index in [4.69, 9.17) is 4.74 Å². The van der Waals surface area contributed by atoms with E-state index in [0.29, 0.717) is 12.0 Å². The van der Waals surface area contributed by atoms with Gasteiger partial charge in [0.2, 0.25) is 0 Å². The molecule has 5 heteroatoms. The molecule has 0 aliphatic carbocycles. The van der Waals surface area contributed by atoms with Crippen molar-refractivity contribution in [2.45, 2.75) is 73.8 Å². The fourth-order valence-corrected chi connectivity index (χ4v) is 4.50. The van der Waals surface area contributed by atoms with Crippen molar-refractivity contribution in [1.82, 2.24) is 15.1 Å². The fraction of sp³-hybridized carbons (Fsp3) is 0.533. The summed E-state index contributed by atoms with van der Waals surface area (Å²) in [5, 5.41) is 7.17. The SMILES string of the molecule is C=C(C(=NC)c1ccn[nH]1)/C(C)=C(\C=C(/C(C)CC)N1CCOCC1C)C(/C)=C/C/C(=C\C)CC. The molecular formula is C30H46N4O. The highest BCUT2D eigenvalue weighted by molar-refractivity contribution is 6.13. The number of H-pyrrole nitrogens is 1. The predicted molar refractivity (Wildman–Crippen MR) is 150 cm³/mol. The molecule has 1 fully saturated rings. The van der Waals surface area contributed by atoms with Gasteiger partial charge in [0, 0.05) is 31.5 Å². The molecule has 35 heavy (non-hydrogen) atoms. The van der Waals surface area contributed by atoms with E-state index < -0.39 is 0 Å². The zero-order chi connectivity index (χ0) is 26.0. The molecule has 2 unspecified atom stereocenters. The van der Waals surface area contributed by atoms with Gasteiger partial charge in [-0.3, -0.25) is 10.1 Å². The smallest absolute Gasteiger partial charge is 0.0890 e. The molecular weight excluding hydrogens is 432 g/mol. The Morgan fingerprint density at radius 2 is 2.11 bits per heavy atom. The van der Waals surface area contributed by atoms with Gasteiger partial charge in [-0.25, -0.2) is 0 Å². The Morgan fingerprint density at radius 3 is 2.66 bits per heavy atom. The minimum Gasteiger partial charge on any atom is -0.377 e. The zero-order valence-electron chi connectivity index (χ0n) is 23.2. The van der Waals surface area contributed by atoms with Crippen molar-refractivity contribution < 1.29 is 4.74 Å². The van der Waals surface area contributed by atoms with Crippen LogP contribution in [0.1, 0.15) is 73.4 Å². The lowest BCUT2D eigenvalue weighted by Crippen LogP contribution is -2.44. The number of morpholine rings is 1. The third-order valence-electron chi connectivity index (χ3n) is 7.19. The summed E-state index contributed by atoms with van der Waals surface area (Å²) >= 11 is 0. The number of aromatic nitrogens is 2. The molecule has 1 aliphatic heterocycles. The largest absolute Gasteiger partial charge is 0.377 e. The van der Waals surface area contributed by atoms with Crippen LogP contribution in [0.4, 0.5) is 0 Å². The summed E-state index contributed by atoms with van der Waals surface area (Å²) in [4.78, 5) is 7.10. The van der Waals surface area contributed by atoms with Gasteiger partial charge < -0.3 is 9.64 Å². The summed E-state index contributed by atoms with van der Waals surface area (Å²) in [5.41, 5.74) is 9.07. The first kappa shape index (κ1) is 28.6. The van der Waals surface area contributed by atoms with Gasteiger partial charge >= 0.3 is 0 Å². The number of ether oxygens (including phenoxy) is 1. The second kappa shape index (κ2) is 14.0. The van der Waals surface area contributed by atoms with E-state index in [9.17, 15) is 0 Å². The van der Waals surface area contributed by atoms with Crippen molar-refractivity contribution in [3.8, 4) is 0 Å². The van der Waals surface area contributed by atoms with Gasteiger partial charge in [0.25, 0.3) is 0 Å². The average Bonchev–Trinajstić information content (AvgIpc) is 3.40. The van der Waals surface area contributed by atoms with Crippen molar-refractivity contribution in [3.63, 3.8) is 0 Å². The molecule has 0 amide bonds. The number of aliphatic imine (C=N–C) groups is 1. The van der Waals surface area contributed by atoms with Gasteiger partial charge in [0.05, 0.1) is 24.6 Å². The molecule has 0 aromatic carbocycles. The second-order valence-corrected chi connectivity index (χ2v) is 9.45.